The van der Waals surface area contributed by atoms with Gasteiger partial charge in [-0.05, 0) is 30.9 Å². The van der Waals surface area contributed by atoms with Crippen LogP contribution in [0.5, 0.6) is 0 Å². The van der Waals surface area contributed by atoms with Gasteiger partial charge in [0, 0.05) is 12.1 Å². The predicted molar refractivity (Wildman–Crippen MR) is 91.8 cm³/mol. The minimum atomic E-state index is -0.723. The van der Waals surface area contributed by atoms with Gasteiger partial charge in [-0.1, -0.05) is 32.0 Å². The standard InChI is InChI=1S/C18H26N2O4/c1-11(2)10-24-18(23)20-9-14(21)8-15(20)17(22)19-16-12(3)6-5-7-13(16)4/h5-7,11,14-15,21H,8-10H2,1-4H3,(H,19,22)/t14-,15+/m0/s1. The number of rotatable bonds is 4. The number of carbonyl (C=O) groups excluding carboxylic acids is 2. The summed E-state index contributed by atoms with van der Waals surface area (Å²) in [7, 11) is 0. The molecule has 1 aliphatic heterocycles. The van der Waals surface area contributed by atoms with Crippen LogP contribution in [0.1, 0.15) is 31.4 Å². The van der Waals surface area contributed by atoms with Crippen molar-refractivity contribution in [3.05, 3.63) is 29.3 Å². The number of anilines is 1. The first-order valence-electron chi connectivity index (χ1n) is 8.28. The number of β-amino-alcohol motifs (C(OH)–C–C–N with tert-alkyl or cyclic N) is 1. The van der Waals surface area contributed by atoms with Crippen molar-refractivity contribution in [3.8, 4) is 0 Å². The van der Waals surface area contributed by atoms with E-state index in [1.54, 1.807) is 0 Å². The van der Waals surface area contributed by atoms with E-state index in [2.05, 4.69) is 5.32 Å². The summed E-state index contributed by atoms with van der Waals surface area (Å²) < 4.78 is 5.21. The van der Waals surface area contributed by atoms with E-state index in [9.17, 15) is 14.7 Å². The Morgan fingerprint density at radius 2 is 1.96 bits per heavy atom. The molecule has 0 bridgehead atoms. The third-order valence-corrected chi connectivity index (χ3v) is 4.09. The highest BCUT2D eigenvalue weighted by atomic mass is 16.6. The second-order valence-corrected chi connectivity index (χ2v) is 6.78. The second kappa shape index (κ2) is 7.66. The zero-order valence-corrected chi connectivity index (χ0v) is 14.7. The molecule has 0 saturated carbocycles. The van der Waals surface area contributed by atoms with Crippen molar-refractivity contribution in [3.63, 3.8) is 0 Å². The van der Waals surface area contributed by atoms with Crippen molar-refractivity contribution in [2.75, 3.05) is 18.5 Å². The summed E-state index contributed by atoms with van der Waals surface area (Å²) in [5, 5.41) is 12.8. The van der Waals surface area contributed by atoms with Crippen molar-refractivity contribution in [2.24, 2.45) is 5.92 Å². The Balaban J connectivity index is 2.10. The molecule has 24 heavy (non-hydrogen) atoms. The SMILES string of the molecule is Cc1cccc(C)c1NC(=O)[C@H]1C[C@H](O)CN1C(=O)OCC(C)C. The van der Waals surface area contributed by atoms with Crippen LogP contribution in [0.2, 0.25) is 0 Å². The Bertz CT molecular complexity index is 595. The molecule has 0 unspecified atom stereocenters. The van der Waals surface area contributed by atoms with Crippen LogP contribution in [0.25, 0.3) is 0 Å². The van der Waals surface area contributed by atoms with Crippen molar-refractivity contribution in [1.29, 1.82) is 0 Å². The van der Waals surface area contributed by atoms with Gasteiger partial charge in [0.1, 0.15) is 6.04 Å². The van der Waals surface area contributed by atoms with Crippen molar-refractivity contribution >= 4 is 17.7 Å². The Kier molecular flexibility index (Phi) is 5.83. The van der Waals surface area contributed by atoms with E-state index in [-0.39, 0.29) is 31.4 Å². The number of aliphatic hydroxyl groups is 1. The topological polar surface area (TPSA) is 78.9 Å². The first kappa shape index (κ1) is 18.3. The predicted octanol–water partition coefficient (Wildman–Crippen LogP) is 2.47. The van der Waals surface area contributed by atoms with Crippen LogP contribution in [0.15, 0.2) is 18.2 Å². The summed E-state index contributed by atoms with van der Waals surface area (Å²) >= 11 is 0. The van der Waals surface area contributed by atoms with Gasteiger partial charge < -0.3 is 15.2 Å². The summed E-state index contributed by atoms with van der Waals surface area (Å²) in [5.41, 5.74) is 2.66. The zero-order valence-electron chi connectivity index (χ0n) is 14.7. The lowest BCUT2D eigenvalue weighted by Crippen LogP contribution is -2.43. The van der Waals surface area contributed by atoms with E-state index in [1.807, 2.05) is 45.9 Å². The van der Waals surface area contributed by atoms with Crippen LogP contribution in [0.4, 0.5) is 10.5 Å². The maximum atomic E-state index is 12.6. The van der Waals surface area contributed by atoms with Crippen molar-refractivity contribution < 1.29 is 19.4 Å². The maximum absolute atomic E-state index is 12.6. The van der Waals surface area contributed by atoms with Crippen LogP contribution in [-0.4, -0.2) is 47.3 Å². The Morgan fingerprint density at radius 3 is 2.54 bits per heavy atom. The average molecular weight is 334 g/mol. The fourth-order valence-corrected chi connectivity index (χ4v) is 2.80. The first-order valence-corrected chi connectivity index (χ1v) is 8.28. The lowest BCUT2D eigenvalue weighted by Gasteiger charge is -2.24. The number of aliphatic hydroxyl groups excluding tert-OH is 1. The summed E-state index contributed by atoms with van der Waals surface area (Å²) in [6.45, 7) is 8.12. The lowest BCUT2D eigenvalue weighted by molar-refractivity contribution is -0.120. The van der Waals surface area contributed by atoms with E-state index >= 15 is 0 Å². The third-order valence-electron chi connectivity index (χ3n) is 4.09. The number of para-hydroxylation sites is 1. The quantitative estimate of drug-likeness (QED) is 0.886. The number of benzene rings is 1. The molecular formula is C18H26N2O4. The largest absolute Gasteiger partial charge is 0.449 e. The molecule has 1 heterocycles. The maximum Gasteiger partial charge on any atom is 0.410 e. The molecule has 6 nitrogen and oxygen atoms in total. The van der Waals surface area contributed by atoms with Gasteiger partial charge in [-0.25, -0.2) is 4.79 Å². The highest BCUT2D eigenvalue weighted by Crippen LogP contribution is 2.24. The highest BCUT2D eigenvalue weighted by Gasteiger charge is 2.40. The lowest BCUT2D eigenvalue weighted by atomic mass is 10.1. The summed E-state index contributed by atoms with van der Waals surface area (Å²) in [5.74, 6) is -0.0891. The minimum Gasteiger partial charge on any atom is -0.449 e. The van der Waals surface area contributed by atoms with Crippen molar-refractivity contribution in [2.45, 2.75) is 46.3 Å². The molecular weight excluding hydrogens is 308 g/mol. The molecule has 132 valence electrons. The highest BCUT2D eigenvalue weighted by molar-refractivity contribution is 5.98. The van der Waals surface area contributed by atoms with E-state index in [4.69, 9.17) is 4.74 Å². The number of nitrogens with one attached hydrogen (secondary N) is 1. The monoisotopic (exact) mass is 334 g/mol. The Hall–Kier alpha value is -2.08. The van der Waals surface area contributed by atoms with E-state index in [1.165, 1.54) is 4.90 Å². The molecule has 1 aliphatic rings. The van der Waals surface area contributed by atoms with E-state index in [0.717, 1.165) is 16.8 Å². The summed E-state index contributed by atoms with van der Waals surface area (Å²) in [6.07, 6.45) is -1.06. The van der Waals surface area contributed by atoms with Crippen LogP contribution in [0.3, 0.4) is 0 Å². The molecule has 0 aliphatic carbocycles. The van der Waals surface area contributed by atoms with Gasteiger partial charge in [-0.2, -0.15) is 0 Å². The molecule has 0 spiro atoms. The summed E-state index contributed by atoms with van der Waals surface area (Å²) in [6, 6.07) is 5.04. The van der Waals surface area contributed by atoms with Gasteiger partial charge >= 0.3 is 6.09 Å². The number of hydrogen-bond donors (Lipinski definition) is 2. The third kappa shape index (κ3) is 4.26. The van der Waals surface area contributed by atoms with Crippen LogP contribution < -0.4 is 5.32 Å². The van der Waals surface area contributed by atoms with Gasteiger partial charge in [0.15, 0.2) is 0 Å². The second-order valence-electron chi connectivity index (χ2n) is 6.78. The number of carbonyl (C=O) groups is 2. The van der Waals surface area contributed by atoms with Gasteiger partial charge in [-0.3, -0.25) is 9.69 Å². The molecule has 6 heteroatoms. The number of likely N-dealkylation sites (tertiary alicyclic amines) is 1. The van der Waals surface area contributed by atoms with Gasteiger partial charge in [0.05, 0.1) is 19.3 Å². The number of amides is 2. The van der Waals surface area contributed by atoms with Gasteiger partial charge in [0.2, 0.25) is 5.91 Å². The number of ether oxygens (including phenoxy) is 1. The van der Waals surface area contributed by atoms with Gasteiger partial charge in [0.25, 0.3) is 0 Å². The van der Waals surface area contributed by atoms with E-state index in [0.29, 0.717) is 0 Å². The zero-order chi connectivity index (χ0) is 17.9. The van der Waals surface area contributed by atoms with Crippen LogP contribution >= 0.6 is 0 Å². The Labute approximate surface area is 142 Å². The molecule has 1 saturated heterocycles. The van der Waals surface area contributed by atoms with Gasteiger partial charge in [-0.15, -0.1) is 0 Å². The normalized spacial score (nSPS) is 20.3. The number of hydrogen-bond acceptors (Lipinski definition) is 4. The number of aryl methyl sites for hydroxylation is 2. The number of nitrogens with zero attached hydrogens (tertiary/aromatic N) is 1. The molecule has 2 N–H and O–H groups in total. The fraction of sp³-hybridized carbons (Fsp3) is 0.556. The first-order chi connectivity index (χ1) is 11.3. The van der Waals surface area contributed by atoms with Crippen molar-refractivity contribution in [1.82, 2.24) is 4.90 Å². The molecule has 2 rings (SSSR count). The van der Waals surface area contributed by atoms with Crippen LogP contribution in [0, 0.1) is 19.8 Å². The molecule has 0 radical (unpaired) electrons. The molecule has 0 aromatic heterocycles. The Morgan fingerprint density at radius 1 is 1.33 bits per heavy atom. The van der Waals surface area contributed by atoms with Crippen LogP contribution in [-0.2, 0) is 9.53 Å². The van der Waals surface area contributed by atoms with E-state index < -0.39 is 18.2 Å². The molecule has 1 fully saturated rings. The summed E-state index contributed by atoms with van der Waals surface area (Å²) in [4.78, 5) is 26.2. The average Bonchev–Trinajstić information content (AvgIpc) is 2.90. The fourth-order valence-electron chi connectivity index (χ4n) is 2.80. The molecule has 1 aromatic rings. The molecule has 2 amide bonds. The molecule has 2 atom stereocenters. The smallest absolute Gasteiger partial charge is 0.410 e. The minimum absolute atomic E-state index is 0.113. The molecule has 1 aromatic carbocycles.